The topological polar surface area (TPSA) is 12.5 Å². The molecule has 0 saturated heterocycles. The van der Waals surface area contributed by atoms with Gasteiger partial charge in [0.1, 0.15) is 0 Å². The molecule has 1 aromatic carbocycles. The molecule has 0 spiro atoms. The molecule has 0 bridgehead atoms. The third-order valence-corrected chi connectivity index (χ3v) is 2.85. The molecule has 1 aromatic rings. The predicted octanol–water partition coefficient (Wildman–Crippen LogP) is 1.65. The van der Waals surface area contributed by atoms with Crippen molar-refractivity contribution in [2.45, 2.75) is 0 Å². The summed E-state index contributed by atoms with van der Waals surface area (Å²) < 4.78 is 7.30. The first-order valence-electron chi connectivity index (χ1n) is 3.74. The van der Waals surface area contributed by atoms with Crippen LogP contribution in [0.4, 0.5) is 0 Å². The van der Waals surface area contributed by atoms with Crippen LogP contribution < -0.4 is 4.74 Å². The van der Waals surface area contributed by atoms with E-state index in [-0.39, 0.29) is 0 Å². The molecule has 1 rings (SSSR count). The SMILES string of the molecule is CN(C)C(=[Se])Oc1ccc(Br)cc1. The van der Waals surface area contributed by atoms with Crippen molar-refractivity contribution in [3.8, 4) is 5.75 Å². The van der Waals surface area contributed by atoms with Crippen molar-refractivity contribution >= 4 is 36.2 Å². The average molecular weight is 307 g/mol. The van der Waals surface area contributed by atoms with Crippen LogP contribution >= 0.6 is 15.9 Å². The predicted molar refractivity (Wildman–Crippen MR) is 59.2 cm³/mol. The maximum atomic E-state index is 5.50. The Hall–Kier alpha value is -0.311. The molecule has 0 saturated carbocycles. The fourth-order valence-electron chi connectivity index (χ4n) is 0.695. The minimum atomic E-state index is 0.752. The van der Waals surface area contributed by atoms with Crippen LogP contribution in [0.1, 0.15) is 0 Å². The molecule has 13 heavy (non-hydrogen) atoms. The quantitative estimate of drug-likeness (QED) is 0.787. The summed E-state index contributed by atoms with van der Waals surface area (Å²) in [5, 5.41) is 0. The van der Waals surface area contributed by atoms with Crippen LogP contribution in [-0.2, 0) is 0 Å². The van der Waals surface area contributed by atoms with Gasteiger partial charge in [0, 0.05) is 0 Å². The summed E-state index contributed by atoms with van der Waals surface area (Å²) in [6, 6.07) is 7.70. The van der Waals surface area contributed by atoms with Crippen LogP contribution in [0.5, 0.6) is 5.75 Å². The molecular formula is C9H10BrNOSe. The second-order valence-corrected chi connectivity index (χ2v) is 4.36. The molecule has 0 radical (unpaired) electrons. The standard InChI is InChI=1S/C9H10BrNOSe/c1-11(2)9(13)12-8-5-3-7(10)4-6-8/h3-6H,1-2H3. The maximum absolute atomic E-state index is 5.50. The Balaban J connectivity index is 2.65. The Morgan fingerprint density at radius 2 is 1.85 bits per heavy atom. The Kier molecular flexibility index (Phi) is 3.97. The second kappa shape index (κ2) is 4.80. The van der Waals surface area contributed by atoms with E-state index in [1.165, 1.54) is 0 Å². The van der Waals surface area contributed by atoms with Gasteiger partial charge in [-0.15, -0.1) is 0 Å². The number of benzene rings is 1. The van der Waals surface area contributed by atoms with Gasteiger partial charge >= 0.3 is 94.5 Å². The summed E-state index contributed by atoms with van der Waals surface area (Å²) in [7, 11) is 3.84. The van der Waals surface area contributed by atoms with Gasteiger partial charge < -0.3 is 0 Å². The van der Waals surface area contributed by atoms with Crippen molar-refractivity contribution in [1.29, 1.82) is 0 Å². The van der Waals surface area contributed by atoms with E-state index < -0.39 is 0 Å². The van der Waals surface area contributed by atoms with Gasteiger partial charge in [-0.1, -0.05) is 0 Å². The number of rotatable bonds is 3. The van der Waals surface area contributed by atoms with Gasteiger partial charge in [0.15, 0.2) is 0 Å². The zero-order valence-corrected chi connectivity index (χ0v) is 10.8. The van der Waals surface area contributed by atoms with Crippen molar-refractivity contribution in [1.82, 2.24) is 4.90 Å². The Morgan fingerprint density at radius 3 is 2.31 bits per heavy atom. The molecule has 0 atom stereocenters. The monoisotopic (exact) mass is 307 g/mol. The van der Waals surface area contributed by atoms with Gasteiger partial charge in [-0.25, -0.2) is 0 Å². The zero-order chi connectivity index (χ0) is 9.84. The van der Waals surface area contributed by atoms with E-state index in [9.17, 15) is 0 Å². The van der Waals surface area contributed by atoms with Crippen molar-refractivity contribution in [2.24, 2.45) is 0 Å². The number of nitrogens with zero attached hydrogens (tertiary/aromatic N) is 1. The summed E-state index contributed by atoms with van der Waals surface area (Å²) in [4.78, 5) is 1.88. The summed E-state index contributed by atoms with van der Waals surface area (Å²) in [5.74, 6) is 0.825. The van der Waals surface area contributed by atoms with E-state index in [4.69, 9.17) is 4.74 Å². The van der Waals surface area contributed by atoms with E-state index in [1.54, 1.807) is 0 Å². The summed E-state index contributed by atoms with van der Waals surface area (Å²) in [6.07, 6.45) is 0. The first-order valence-corrected chi connectivity index (χ1v) is 5.39. The minimum absolute atomic E-state index is 0.752. The van der Waals surface area contributed by atoms with Crippen molar-refractivity contribution in [3.63, 3.8) is 0 Å². The zero-order valence-electron chi connectivity index (χ0n) is 7.45. The summed E-state index contributed by atoms with van der Waals surface area (Å²) in [5.41, 5.74) is 0. The van der Waals surface area contributed by atoms with Gasteiger partial charge in [0.05, 0.1) is 0 Å². The van der Waals surface area contributed by atoms with Crippen LogP contribution in [0, 0.1) is 0 Å². The molecule has 0 aromatic heterocycles. The number of hydrogen-bond donors (Lipinski definition) is 0. The number of halogens is 1. The summed E-state index contributed by atoms with van der Waals surface area (Å²) >= 11 is 6.21. The van der Waals surface area contributed by atoms with Crippen LogP contribution in [-0.4, -0.2) is 39.3 Å². The normalized spacial score (nSPS) is 9.46. The second-order valence-electron chi connectivity index (χ2n) is 2.72. The van der Waals surface area contributed by atoms with Gasteiger partial charge in [-0.2, -0.15) is 0 Å². The molecular weight excluding hydrogens is 297 g/mol. The van der Waals surface area contributed by atoms with Crippen LogP contribution in [0.3, 0.4) is 0 Å². The van der Waals surface area contributed by atoms with Crippen LogP contribution in [0.15, 0.2) is 28.7 Å². The molecule has 0 aliphatic heterocycles. The Morgan fingerprint density at radius 1 is 1.31 bits per heavy atom. The van der Waals surface area contributed by atoms with E-state index in [2.05, 4.69) is 31.5 Å². The molecule has 0 amide bonds. The molecule has 0 unspecified atom stereocenters. The van der Waals surface area contributed by atoms with Gasteiger partial charge in [0.25, 0.3) is 0 Å². The molecule has 0 aliphatic carbocycles. The molecule has 2 nitrogen and oxygen atoms in total. The van der Waals surface area contributed by atoms with Crippen LogP contribution in [0.25, 0.3) is 0 Å². The number of ether oxygens (including phenoxy) is 1. The number of hydrogen-bond acceptors (Lipinski definition) is 2. The first-order chi connectivity index (χ1) is 6.09. The fourth-order valence-corrected chi connectivity index (χ4v) is 1.16. The molecule has 0 aliphatic rings. The van der Waals surface area contributed by atoms with Crippen molar-refractivity contribution in [3.05, 3.63) is 28.7 Å². The summed E-state index contributed by atoms with van der Waals surface area (Å²) in [6.45, 7) is 0. The van der Waals surface area contributed by atoms with Crippen molar-refractivity contribution in [2.75, 3.05) is 14.1 Å². The Bertz CT molecular complexity index is 297. The third kappa shape index (κ3) is 3.51. The molecule has 0 N–H and O–H groups in total. The van der Waals surface area contributed by atoms with E-state index in [0.717, 1.165) is 14.9 Å². The van der Waals surface area contributed by atoms with Gasteiger partial charge in [-0.3, -0.25) is 0 Å². The molecule has 4 heteroatoms. The molecule has 0 heterocycles. The molecule has 0 fully saturated rings. The van der Waals surface area contributed by atoms with Gasteiger partial charge in [0.2, 0.25) is 0 Å². The fraction of sp³-hybridized carbons (Fsp3) is 0.222. The average Bonchev–Trinajstić information content (AvgIpc) is 2.08. The Labute approximate surface area is 94.4 Å². The van der Waals surface area contributed by atoms with Crippen LogP contribution in [0.2, 0.25) is 0 Å². The third-order valence-electron chi connectivity index (χ3n) is 1.38. The van der Waals surface area contributed by atoms with Gasteiger partial charge in [-0.05, 0) is 0 Å². The first kappa shape index (κ1) is 10.8. The van der Waals surface area contributed by atoms with E-state index in [0.29, 0.717) is 0 Å². The van der Waals surface area contributed by atoms with Crippen molar-refractivity contribution < 1.29 is 4.74 Å². The van der Waals surface area contributed by atoms with E-state index >= 15 is 0 Å². The van der Waals surface area contributed by atoms with E-state index in [1.807, 2.05) is 43.3 Å². The molecule has 70 valence electrons.